The molecule has 50 heavy (non-hydrogen) atoms. The predicted octanol–water partition coefficient (Wildman–Crippen LogP) is 9.73. The van der Waals surface area contributed by atoms with Crippen LogP contribution in [0.15, 0.2) is 54.6 Å². The summed E-state index contributed by atoms with van der Waals surface area (Å²) in [5.41, 5.74) is -2.04. The molecule has 0 saturated carbocycles. The smallest absolute Gasteiger partial charge is 0.258 e. The van der Waals surface area contributed by atoms with Crippen molar-refractivity contribution in [2.75, 3.05) is 29.0 Å². The second-order valence-corrected chi connectivity index (χ2v) is 12.4. The van der Waals surface area contributed by atoms with E-state index in [-0.39, 0.29) is 22.8 Å². The molecular formula is C39H49F3N4O4. The molecule has 0 radical (unpaired) electrons. The number of benzene rings is 3. The van der Waals surface area contributed by atoms with E-state index in [1.807, 2.05) is 0 Å². The van der Waals surface area contributed by atoms with Crippen LogP contribution in [0, 0.1) is 17.5 Å². The van der Waals surface area contributed by atoms with Gasteiger partial charge in [-0.25, -0.2) is 13.2 Å². The predicted molar refractivity (Wildman–Crippen MR) is 192 cm³/mol. The van der Waals surface area contributed by atoms with E-state index in [4.69, 9.17) is 0 Å². The van der Waals surface area contributed by atoms with Gasteiger partial charge in [0.15, 0.2) is 5.82 Å². The Morgan fingerprint density at radius 1 is 0.580 bits per heavy atom. The first-order chi connectivity index (χ1) is 24.1. The van der Waals surface area contributed by atoms with E-state index < -0.39 is 52.0 Å². The molecule has 0 aliphatic carbocycles. The number of para-hydroxylation sites is 1. The molecular weight excluding hydrogens is 645 g/mol. The molecule has 3 aromatic rings. The van der Waals surface area contributed by atoms with E-state index in [9.17, 15) is 23.6 Å². The van der Waals surface area contributed by atoms with Crippen molar-refractivity contribution >= 4 is 40.7 Å². The number of rotatable bonds is 20. The molecule has 3 N–H and O–H groups in total. The summed E-state index contributed by atoms with van der Waals surface area (Å²) in [5, 5.41) is 6.96. The number of anilines is 3. The van der Waals surface area contributed by atoms with Crippen LogP contribution in [0.1, 0.15) is 129 Å². The lowest BCUT2D eigenvalue weighted by Crippen LogP contribution is -2.33. The summed E-state index contributed by atoms with van der Waals surface area (Å²) in [5.74, 6) is -6.04. The Labute approximate surface area is 293 Å². The second-order valence-electron chi connectivity index (χ2n) is 12.4. The van der Waals surface area contributed by atoms with Gasteiger partial charge < -0.3 is 20.9 Å². The first kappa shape index (κ1) is 39.8. The van der Waals surface area contributed by atoms with Crippen LogP contribution in [0.2, 0.25) is 0 Å². The minimum absolute atomic E-state index is 0.0425. The molecule has 0 atom stereocenters. The third kappa shape index (κ3) is 12.0. The highest BCUT2D eigenvalue weighted by atomic mass is 19.1. The fourth-order valence-corrected chi connectivity index (χ4v) is 5.61. The van der Waals surface area contributed by atoms with Crippen molar-refractivity contribution in [2.24, 2.45) is 0 Å². The van der Waals surface area contributed by atoms with Crippen molar-refractivity contribution < 1.29 is 32.3 Å². The van der Waals surface area contributed by atoms with Crippen molar-refractivity contribution in [1.82, 2.24) is 4.90 Å². The number of nitrogens with one attached hydrogen (secondary N) is 3. The Bertz CT molecular complexity index is 1600. The molecule has 0 spiro atoms. The van der Waals surface area contributed by atoms with Crippen molar-refractivity contribution in [2.45, 2.75) is 97.8 Å². The number of hydrogen-bond acceptors (Lipinski definition) is 4. The lowest BCUT2D eigenvalue weighted by molar-refractivity contribution is -0.114. The quantitative estimate of drug-likeness (QED) is 0.102. The zero-order valence-corrected chi connectivity index (χ0v) is 29.3. The number of halogens is 3. The monoisotopic (exact) mass is 694 g/mol. The van der Waals surface area contributed by atoms with Crippen molar-refractivity contribution in [3.8, 4) is 0 Å². The summed E-state index contributed by atoms with van der Waals surface area (Å²) >= 11 is 0. The normalized spacial score (nSPS) is 10.8. The van der Waals surface area contributed by atoms with Gasteiger partial charge in [0.1, 0.15) is 11.6 Å². The highest BCUT2D eigenvalue weighted by Crippen LogP contribution is 2.28. The molecule has 0 aliphatic rings. The summed E-state index contributed by atoms with van der Waals surface area (Å²) in [6, 6.07) is 11.2. The molecule has 270 valence electrons. The molecule has 0 bridgehead atoms. The fourth-order valence-electron chi connectivity index (χ4n) is 5.61. The summed E-state index contributed by atoms with van der Waals surface area (Å²) in [6.07, 6.45) is 12.5. The molecule has 8 nitrogen and oxygen atoms in total. The van der Waals surface area contributed by atoms with Gasteiger partial charge in [-0.3, -0.25) is 19.2 Å². The zero-order valence-electron chi connectivity index (χ0n) is 29.3. The Balaban J connectivity index is 1.87. The van der Waals surface area contributed by atoms with Gasteiger partial charge in [-0.15, -0.1) is 0 Å². The Morgan fingerprint density at radius 3 is 1.58 bits per heavy atom. The molecule has 3 aromatic carbocycles. The molecule has 0 heterocycles. The average molecular weight is 695 g/mol. The van der Waals surface area contributed by atoms with Crippen LogP contribution < -0.4 is 16.0 Å². The molecule has 0 fully saturated rings. The van der Waals surface area contributed by atoms with Crippen LogP contribution in [-0.2, 0) is 4.79 Å². The van der Waals surface area contributed by atoms with Gasteiger partial charge in [0.25, 0.3) is 17.7 Å². The summed E-state index contributed by atoms with van der Waals surface area (Å²) < 4.78 is 45.3. The topological polar surface area (TPSA) is 108 Å². The van der Waals surface area contributed by atoms with E-state index in [2.05, 4.69) is 29.8 Å². The summed E-state index contributed by atoms with van der Waals surface area (Å²) in [6.45, 7) is 6.49. The van der Waals surface area contributed by atoms with Gasteiger partial charge in [-0.2, -0.15) is 0 Å². The van der Waals surface area contributed by atoms with Crippen LogP contribution in [0.3, 0.4) is 0 Å². The van der Waals surface area contributed by atoms with Crippen LogP contribution >= 0.6 is 0 Å². The zero-order chi connectivity index (χ0) is 36.5. The first-order valence-corrected chi connectivity index (χ1v) is 17.6. The highest BCUT2D eigenvalue weighted by Gasteiger charge is 2.24. The summed E-state index contributed by atoms with van der Waals surface area (Å²) in [7, 11) is 0. The second kappa shape index (κ2) is 20.8. The van der Waals surface area contributed by atoms with E-state index in [0.29, 0.717) is 13.1 Å². The molecule has 3 rings (SSSR count). The van der Waals surface area contributed by atoms with Crippen molar-refractivity contribution in [3.05, 3.63) is 88.7 Å². The minimum Gasteiger partial charge on any atom is -0.339 e. The van der Waals surface area contributed by atoms with Gasteiger partial charge >= 0.3 is 0 Å². The Morgan fingerprint density at radius 2 is 1.06 bits per heavy atom. The molecule has 0 saturated heterocycles. The third-order valence-electron chi connectivity index (χ3n) is 8.34. The molecule has 0 aliphatic heterocycles. The molecule has 4 amide bonds. The first-order valence-electron chi connectivity index (χ1n) is 17.6. The lowest BCUT2D eigenvalue weighted by Gasteiger charge is -2.24. The van der Waals surface area contributed by atoms with Gasteiger partial charge in [-0.1, -0.05) is 96.3 Å². The standard InChI is InChI=1S/C39H49F3N4O4/c1-4-6-8-10-12-16-23-46(24-17-13-11-9-7-5-2)39(50)28-25-33(43-27(3)47)36(42)34(26-28)45-38(49)30-20-18-19-29(35(30)41)37(48)44-32-22-15-14-21-31(32)40/h14-15,18-22,25-26H,4-13,16-17,23-24H2,1-3H3,(H,43,47)(H,44,48)(H,45,49). The SMILES string of the molecule is CCCCCCCCN(CCCCCCCC)C(=O)c1cc(NC(C)=O)c(F)c(NC(=O)c2cccc(C(=O)Nc3ccccc3F)c2F)c1. The number of nitrogens with zero attached hydrogens (tertiary/aromatic N) is 1. The van der Waals surface area contributed by atoms with Crippen LogP contribution in [0.5, 0.6) is 0 Å². The van der Waals surface area contributed by atoms with Crippen LogP contribution in [0.4, 0.5) is 30.2 Å². The van der Waals surface area contributed by atoms with Gasteiger partial charge in [0.2, 0.25) is 5.91 Å². The van der Waals surface area contributed by atoms with E-state index in [0.717, 1.165) is 95.2 Å². The Hall–Kier alpha value is -4.67. The largest absolute Gasteiger partial charge is 0.339 e. The number of unbranched alkanes of at least 4 members (excludes halogenated alkanes) is 10. The van der Waals surface area contributed by atoms with E-state index in [1.54, 1.807) is 4.90 Å². The number of hydrogen-bond donors (Lipinski definition) is 3. The minimum atomic E-state index is -1.21. The third-order valence-corrected chi connectivity index (χ3v) is 8.34. The maximum Gasteiger partial charge on any atom is 0.258 e. The molecule has 0 aromatic heterocycles. The van der Waals surface area contributed by atoms with Gasteiger partial charge in [-0.05, 0) is 49.2 Å². The maximum atomic E-state index is 15.7. The van der Waals surface area contributed by atoms with Gasteiger partial charge in [0.05, 0.1) is 28.2 Å². The van der Waals surface area contributed by atoms with Crippen LogP contribution in [0.25, 0.3) is 0 Å². The van der Waals surface area contributed by atoms with Crippen molar-refractivity contribution in [3.63, 3.8) is 0 Å². The van der Waals surface area contributed by atoms with E-state index >= 15 is 8.78 Å². The lowest BCUT2D eigenvalue weighted by atomic mass is 10.1. The van der Waals surface area contributed by atoms with Gasteiger partial charge in [0, 0.05) is 25.6 Å². The van der Waals surface area contributed by atoms with E-state index in [1.165, 1.54) is 43.3 Å². The Kier molecular flexibility index (Phi) is 16.5. The maximum absolute atomic E-state index is 15.7. The van der Waals surface area contributed by atoms with Crippen LogP contribution in [-0.4, -0.2) is 41.6 Å². The molecule has 0 unspecified atom stereocenters. The highest BCUT2D eigenvalue weighted by molar-refractivity contribution is 6.10. The summed E-state index contributed by atoms with van der Waals surface area (Å²) in [4.78, 5) is 53.7. The fraction of sp³-hybridized carbons (Fsp3) is 0.436. The average Bonchev–Trinajstić information content (AvgIpc) is 3.09. The van der Waals surface area contributed by atoms with Crippen molar-refractivity contribution in [1.29, 1.82) is 0 Å². The number of amides is 4. The number of carbonyl (C=O) groups excluding carboxylic acids is 4. The molecule has 11 heteroatoms. The number of carbonyl (C=O) groups is 4.